The number of rotatable bonds is 2. The zero-order valence-corrected chi connectivity index (χ0v) is 8.89. The van der Waals surface area contributed by atoms with Crippen LogP contribution in [0.3, 0.4) is 0 Å². The molecular formula is C6H9NO2SSe. The van der Waals surface area contributed by atoms with Crippen LogP contribution in [0.4, 0.5) is 0 Å². The average Bonchev–Trinajstić information content (AvgIpc) is 2.50. The van der Waals surface area contributed by atoms with E-state index in [1.807, 2.05) is 0 Å². The van der Waals surface area contributed by atoms with Crippen LogP contribution in [0, 0.1) is 0 Å². The van der Waals surface area contributed by atoms with E-state index in [4.69, 9.17) is 0 Å². The van der Waals surface area contributed by atoms with E-state index in [0.29, 0.717) is 15.0 Å². The van der Waals surface area contributed by atoms with Crippen molar-refractivity contribution in [3.8, 4) is 0 Å². The van der Waals surface area contributed by atoms with Gasteiger partial charge in [-0.15, -0.1) is 0 Å². The van der Waals surface area contributed by atoms with Crippen LogP contribution in [0.2, 0.25) is 5.82 Å². The summed E-state index contributed by atoms with van der Waals surface area (Å²) in [7, 11) is 1.40. The zero-order chi connectivity index (χ0) is 8.27. The topological polar surface area (TPSA) is 38.7 Å². The van der Waals surface area contributed by atoms with Crippen LogP contribution in [0.5, 0.6) is 0 Å². The summed E-state index contributed by atoms with van der Waals surface area (Å²) in [6.45, 7) is 0. The van der Waals surface area contributed by atoms with E-state index in [9.17, 15) is 4.79 Å². The summed E-state index contributed by atoms with van der Waals surface area (Å²) in [6, 6.07) is -0.234. The van der Waals surface area contributed by atoms with Gasteiger partial charge in [-0.25, -0.2) is 0 Å². The average molecular weight is 238 g/mol. The predicted molar refractivity (Wildman–Crippen MR) is 47.3 cm³/mol. The zero-order valence-electron chi connectivity index (χ0n) is 6.36. The molecule has 0 saturated carbocycles. The van der Waals surface area contributed by atoms with Gasteiger partial charge in [-0.05, 0) is 0 Å². The summed E-state index contributed by atoms with van der Waals surface area (Å²) in [5.74, 6) is 2.65. The molecular weight excluding hydrogens is 229 g/mol. The van der Waals surface area contributed by atoms with Crippen LogP contribution < -0.4 is 0 Å². The minimum atomic E-state index is -0.234. The van der Waals surface area contributed by atoms with Crippen molar-refractivity contribution in [2.45, 2.75) is 11.9 Å². The van der Waals surface area contributed by atoms with Gasteiger partial charge in [0.2, 0.25) is 0 Å². The number of methoxy groups -OCH3 is 1. The van der Waals surface area contributed by atoms with E-state index in [1.54, 1.807) is 11.8 Å². The van der Waals surface area contributed by atoms with Crippen molar-refractivity contribution in [1.82, 2.24) is 0 Å². The maximum atomic E-state index is 10.9. The monoisotopic (exact) mass is 239 g/mol. The van der Waals surface area contributed by atoms with E-state index >= 15 is 0 Å². The molecule has 0 aliphatic carbocycles. The summed E-state index contributed by atoms with van der Waals surface area (Å²) in [5, 5.41) is 0. The van der Waals surface area contributed by atoms with Crippen LogP contribution in [-0.2, 0) is 9.53 Å². The second kappa shape index (κ2) is 4.14. The third-order valence-corrected chi connectivity index (χ3v) is 4.67. The molecule has 3 nitrogen and oxygen atoms in total. The van der Waals surface area contributed by atoms with Gasteiger partial charge in [0.25, 0.3) is 0 Å². The number of thioether (sulfide) groups is 1. The Labute approximate surface area is 76.1 Å². The van der Waals surface area contributed by atoms with E-state index in [2.05, 4.69) is 15.6 Å². The number of nitrogens with zero attached hydrogens (tertiary/aromatic N) is 1. The first-order valence-corrected chi connectivity index (χ1v) is 6.66. The van der Waals surface area contributed by atoms with Crippen molar-refractivity contribution in [3.05, 3.63) is 0 Å². The number of aliphatic imine (C=N–C) groups is 1. The molecule has 1 unspecified atom stereocenters. The first-order valence-electron chi connectivity index (χ1n) is 3.10. The van der Waals surface area contributed by atoms with Crippen molar-refractivity contribution in [3.63, 3.8) is 0 Å². The molecule has 0 amide bonds. The molecule has 1 aliphatic rings. The molecule has 0 aromatic heterocycles. The summed E-state index contributed by atoms with van der Waals surface area (Å²) < 4.78 is 5.69. The molecule has 1 atom stereocenters. The quantitative estimate of drug-likeness (QED) is 0.515. The predicted octanol–water partition coefficient (Wildman–Crippen LogP) is 0.383. The number of carbonyl (C=O) groups is 1. The van der Waals surface area contributed by atoms with Crippen LogP contribution in [0.15, 0.2) is 4.99 Å². The van der Waals surface area contributed by atoms with Crippen LogP contribution in [0.25, 0.3) is 0 Å². The van der Waals surface area contributed by atoms with Gasteiger partial charge in [-0.1, -0.05) is 0 Å². The molecule has 0 N–H and O–H groups in total. The van der Waals surface area contributed by atoms with Gasteiger partial charge >= 0.3 is 75.9 Å². The second-order valence-corrected chi connectivity index (χ2v) is 5.21. The minimum absolute atomic E-state index is 0.211. The second-order valence-electron chi connectivity index (χ2n) is 1.95. The molecule has 0 radical (unpaired) electrons. The first-order chi connectivity index (χ1) is 5.27. The Balaban J connectivity index is 2.52. The Morgan fingerprint density at radius 3 is 3.09 bits per heavy atom. The molecule has 0 aromatic rings. The Morgan fingerprint density at radius 2 is 2.64 bits per heavy atom. The van der Waals surface area contributed by atoms with Crippen molar-refractivity contribution in [2.75, 3.05) is 12.9 Å². The van der Waals surface area contributed by atoms with Crippen LogP contribution in [-0.4, -0.2) is 43.8 Å². The number of esters is 1. The van der Waals surface area contributed by atoms with Gasteiger partial charge in [0.15, 0.2) is 0 Å². The van der Waals surface area contributed by atoms with Crippen molar-refractivity contribution >= 4 is 36.6 Å². The van der Waals surface area contributed by atoms with Crippen LogP contribution >= 0.6 is 11.8 Å². The summed E-state index contributed by atoms with van der Waals surface area (Å²) in [6.07, 6.45) is 0. The van der Waals surface area contributed by atoms with Gasteiger partial charge in [-0.3, -0.25) is 0 Å². The van der Waals surface area contributed by atoms with Crippen LogP contribution in [0.1, 0.15) is 0 Å². The summed E-state index contributed by atoms with van der Waals surface area (Å²) in [4.78, 5) is 15.2. The number of hydrogen-bond acceptors (Lipinski definition) is 4. The maximum absolute atomic E-state index is 10.9. The molecule has 1 heterocycles. The molecule has 11 heavy (non-hydrogen) atoms. The van der Waals surface area contributed by atoms with Gasteiger partial charge in [0.1, 0.15) is 0 Å². The Bertz CT molecular complexity index is 195. The number of hydrogen-bond donors (Lipinski definition) is 0. The molecule has 1 rings (SSSR count). The molecule has 0 spiro atoms. The SMILES string of the molecule is COC(=O)C1CSC([Se]C)=N1. The fourth-order valence-electron chi connectivity index (χ4n) is 0.720. The summed E-state index contributed by atoms with van der Waals surface area (Å²) >= 11 is 2.10. The van der Waals surface area contributed by atoms with Gasteiger partial charge in [-0.2, -0.15) is 0 Å². The molecule has 0 fully saturated rings. The van der Waals surface area contributed by atoms with Gasteiger partial charge < -0.3 is 0 Å². The third-order valence-electron chi connectivity index (χ3n) is 1.27. The molecule has 62 valence electrons. The first kappa shape index (κ1) is 9.10. The van der Waals surface area contributed by atoms with E-state index in [0.717, 1.165) is 9.69 Å². The van der Waals surface area contributed by atoms with Crippen molar-refractivity contribution in [1.29, 1.82) is 0 Å². The Kier molecular flexibility index (Phi) is 3.42. The fraction of sp³-hybridized carbons (Fsp3) is 0.667. The van der Waals surface area contributed by atoms with E-state index < -0.39 is 0 Å². The molecule has 0 aromatic carbocycles. The number of carbonyl (C=O) groups excluding carboxylic acids is 1. The summed E-state index contributed by atoms with van der Waals surface area (Å²) in [5.41, 5.74) is 0. The van der Waals surface area contributed by atoms with Crippen molar-refractivity contribution in [2.24, 2.45) is 4.99 Å². The van der Waals surface area contributed by atoms with Gasteiger partial charge in [0.05, 0.1) is 0 Å². The Morgan fingerprint density at radius 1 is 1.91 bits per heavy atom. The van der Waals surface area contributed by atoms with E-state index in [1.165, 1.54) is 7.11 Å². The number of ether oxygens (including phenoxy) is 1. The third kappa shape index (κ3) is 2.22. The molecule has 0 saturated heterocycles. The Hall–Kier alpha value is 0.00948. The van der Waals surface area contributed by atoms with Crippen molar-refractivity contribution < 1.29 is 9.53 Å². The standard InChI is InChI=1S/C6H9NO2SSe/c1-9-5(8)4-3-10-6(7-4)11-2/h4H,3H2,1-2H3. The van der Waals surface area contributed by atoms with E-state index in [-0.39, 0.29) is 12.0 Å². The normalized spacial score (nSPS) is 23.1. The molecule has 5 heteroatoms. The molecule has 0 bridgehead atoms. The fourth-order valence-corrected chi connectivity index (χ4v) is 3.21. The van der Waals surface area contributed by atoms with Gasteiger partial charge in [0, 0.05) is 0 Å². The molecule has 1 aliphatic heterocycles.